The number of hydrogen-bond donors (Lipinski definition) is 1. The summed E-state index contributed by atoms with van der Waals surface area (Å²) in [6.45, 7) is 7.24. The van der Waals surface area contributed by atoms with Crippen LogP contribution in [0.5, 0.6) is 0 Å². The largest absolute Gasteiger partial charge is 0.313 e. The molecule has 0 bridgehead atoms. The summed E-state index contributed by atoms with van der Waals surface area (Å²) < 4.78 is 0. The van der Waals surface area contributed by atoms with Crippen molar-refractivity contribution in [2.45, 2.75) is 76.7 Å². The van der Waals surface area contributed by atoms with Crippen LogP contribution in [0.4, 0.5) is 0 Å². The number of fused-ring (bicyclic) bond motifs is 1. The molecule has 118 valence electrons. The number of unbranched alkanes of at least 4 members (excludes halogenated alkanes) is 3. The van der Waals surface area contributed by atoms with Gasteiger partial charge in [-0.2, -0.15) is 0 Å². The van der Waals surface area contributed by atoms with E-state index in [1.165, 1.54) is 57.8 Å². The van der Waals surface area contributed by atoms with Crippen LogP contribution in [0.15, 0.2) is 24.1 Å². The van der Waals surface area contributed by atoms with Gasteiger partial charge in [-0.05, 0) is 68.5 Å². The molecule has 0 saturated carbocycles. The zero-order valence-electron chi connectivity index (χ0n) is 13.6. The summed E-state index contributed by atoms with van der Waals surface area (Å²) in [6.07, 6.45) is 13.8. The average molecular weight is 306 g/mol. The van der Waals surface area contributed by atoms with E-state index in [4.69, 9.17) is 0 Å². The first-order valence-electron chi connectivity index (χ1n) is 8.77. The zero-order valence-corrected chi connectivity index (χ0v) is 14.4. The van der Waals surface area contributed by atoms with Crippen molar-refractivity contribution in [2.75, 3.05) is 6.54 Å². The number of nitrogens with one attached hydrogen (secondary N) is 1. The summed E-state index contributed by atoms with van der Waals surface area (Å²) in [5, 5.41) is 6.14. The summed E-state index contributed by atoms with van der Waals surface area (Å²) in [7, 11) is 0. The van der Waals surface area contributed by atoms with E-state index in [2.05, 4.69) is 30.3 Å². The molecule has 2 atom stereocenters. The summed E-state index contributed by atoms with van der Waals surface area (Å²) in [5.74, 6) is 0.756. The van der Waals surface area contributed by atoms with Crippen molar-refractivity contribution in [3.8, 4) is 0 Å². The third kappa shape index (κ3) is 4.96. The molecule has 1 aromatic heterocycles. The van der Waals surface area contributed by atoms with Gasteiger partial charge in [0.25, 0.3) is 0 Å². The van der Waals surface area contributed by atoms with Crippen LogP contribution >= 0.6 is 11.3 Å². The lowest BCUT2D eigenvalue weighted by Crippen LogP contribution is -2.36. The Morgan fingerprint density at radius 2 is 2.33 bits per heavy atom. The normalized spacial score (nSPS) is 19.2. The Labute approximate surface area is 134 Å². The van der Waals surface area contributed by atoms with Crippen LogP contribution in [-0.4, -0.2) is 12.6 Å². The van der Waals surface area contributed by atoms with Gasteiger partial charge in [0, 0.05) is 16.8 Å². The lowest BCUT2D eigenvalue weighted by molar-refractivity contribution is 0.364. The van der Waals surface area contributed by atoms with Crippen molar-refractivity contribution in [1.29, 1.82) is 0 Å². The minimum Gasteiger partial charge on any atom is -0.313 e. The van der Waals surface area contributed by atoms with Crippen molar-refractivity contribution in [2.24, 2.45) is 0 Å². The van der Waals surface area contributed by atoms with E-state index < -0.39 is 0 Å². The first-order valence-corrected chi connectivity index (χ1v) is 9.65. The SMILES string of the molecule is C=CCCCCCC(NCCC)C1CCCc2sccc21. The topological polar surface area (TPSA) is 12.0 Å². The van der Waals surface area contributed by atoms with Crippen LogP contribution in [0.25, 0.3) is 0 Å². The van der Waals surface area contributed by atoms with Gasteiger partial charge in [-0.15, -0.1) is 17.9 Å². The average Bonchev–Trinajstić information content (AvgIpc) is 2.98. The number of allylic oxidation sites excluding steroid dienone is 1. The molecule has 1 aliphatic carbocycles. The summed E-state index contributed by atoms with van der Waals surface area (Å²) in [5.41, 5.74) is 1.66. The zero-order chi connectivity index (χ0) is 14.9. The highest BCUT2D eigenvalue weighted by molar-refractivity contribution is 7.10. The predicted molar refractivity (Wildman–Crippen MR) is 95.4 cm³/mol. The molecule has 1 N–H and O–H groups in total. The highest BCUT2D eigenvalue weighted by atomic mass is 32.1. The van der Waals surface area contributed by atoms with E-state index in [-0.39, 0.29) is 0 Å². The third-order valence-electron chi connectivity index (χ3n) is 4.66. The van der Waals surface area contributed by atoms with E-state index in [0.29, 0.717) is 6.04 Å². The van der Waals surface area contributed by atoms with Crippen molar-refractivity contribution in [1.82, 2.24) is 5.32 Å². The van der Waals surface area contributed by atoms with Gasteiger partial charge in [0.2, 0.25) is 0 Å². The fourth-order valence-corrected chi connectivity index (χ4v) is 4.54. The van der Waals surface area contributed by atoms with Crippen molar-refractivity contribution >= 4 is 11.3 Å². The van der Waals surface area contributed by atoms with Crippen LogP contribution in [0, 0.1) is 0 Å². The maximum absolute atomic E-state index is 3.85. The fourth-order valence-electron chi connectivity index (χ4n) is 3.54. The van der Waals surface area contributed by atoms with Crippen LogP contribution in [0.3, 0.4) is 0 Å². The molecule has 1 aromatic rings. The first-order chi connectivity index (χ1) is 10.4. The van der Waals surface area contributed by atoms with E-state index in [1.54, 1.807) is 10.4 Å². The maximum atomic E-state index is 3.85. The predicted octanol–water partition coefficient (Wildman–Crippen LogP) is 5.67. The molecule has 1 heterocycles. The maximum Gasteiger partial charge on any atom is 0.0136 e. The van der Waals surface area contributed by atoms with Crippen LogP contribution in [0.2, 0.25) is 0 Å². The van der Waals surface area contributed by atoms with Gasteiger partial charge in [0.15, 0.2) is 0 Å². The van der Waals surface area contributed by atoms with Gasteiger partial charge in [0.1, 0.15) is 0 Å². The van der Waals surface area contributed by atoms with Crippen molar-refractivity contribution in [3.05, 3.63) is 34.5 Å². The highest BCUT2D eigenvalue weighted by Crippen LogP contribution is 2.38. The summed E-state index contributed by atoms with van der Waals surface area (Å²) in [4.78, 5) is 1.65. The molecular formula is C19H31NS. The van der Waals surface area contributed by atoms with Gasteiger partial charge in [-0.3, -0.25) is 0 Å². The molecule has 1 aliphatic rings. The molecule has 0 aliphatic heterocycles. The highest BCUT2D eigenvalue weighted by Gasteiger charge is 2.27. The lowest BCUT2D eigenvalue weighted by Gasteiger charge is -2.31. The van der Waals surface area contributed by atoms with E-state index in [9.17, 15) is 0 Å². The Kier molecular flexibility index (Phi) is 7.52. The number of hydrogen-bond acceptors (Lipinski definition) is 2. The molecule has 21 heavy (non-hydrogen) atoms. The Hall–Kier alpha value is -0.600. The second-order valence-electron chi connectivity index (χ2n) is 6.29. The third-order valence-corrected chi connectivity index (χ3v) is 5.66. The fraction of sp³-hybridized carbons (Fsp3) is 0.684. The molecule has 0 radical (unpaired) electrons. The Bertz CT molecular complexity index is 409. The summed E-state index contributed by atoms with van der Waals surface area (Å²) in [6, 6.07) is 3.07. The van der Waals surface area contributed by atoms with Crippen molar-refractivity contribution < 1.29 is 0 Å². The van der Waals surface area contributed by atoms with Crippen LogP contribution < -0.4 is 5.32 Å². The minimum atomic E-state index is 0.683. The number of aryl methyl sites for hydroxylation is 1. The van der Waals surface area contributed by atoms with E-state index in [0.717, 1.165) is 12.5 Å². The monoisotopic (exact) mass is 305 g/mol. The molecular weight excluding hydrogens is 274 g/mol. The molecule has 0 fully saturated rings. The van der Waals surface area contributed by atoms with Crippen LogP contribution in [0.1, 0.15) is 74.6 Å². The number of rotatable bonds is 10. The minimum absolute atomic E-state index is 0.683. The summed E-state index contributed by atoms with van der Waals surface area (Å²) >= 11 is 1.97. The molecule has 2 heteroatoms. The second-order valence-corrected chi connectivity index (χ2v) is 7.29. The standard InChI is InChI=1S/C19H31NS/c1-3-5-6-7-8-11-18(20-14-4-2)16-10-9-12-19-17(16)13-15-21-19/h3,13,15-16,18,20H,1,4-12,14H2,2H3. The number of thiophene rings is 1. The molecule has 0 spiro atoms. The molecule has 0 saturated heterocycles. The van der Waals surface area contributed by atoms with Gasteiger partial charge in [-0.1, -0.05) is 25.8 Å². The lowest BCUT2D eigenvalue weighted by atomic mass is 9.80. The second kappa shape index (κ2) is 9.42. The molecule has 2 rings (SSSR count). The molecule has 2 unspecified atom stereocenters. The van der Waals surface area contributed by atoms with E-state index >= 15 is 0 Å². The molecule has 0 amide bonds. The van der Waals surface area contributed by atoms with Gasteiger partial charge < -0.3 is 5.32 Å². The van der Waals surface area contributed by atoms with Crippen molar-refractivity contribution in [3.63, 3.8) is 0 Å². The molecule has 1 nitrogen and oxygen atoms in total. The Morgan fingerprint density at radius 1 is 1.43 bits per heavy atom. The Balaban J connectivity index is 1.91. The first kappa shape index (κ1) is 16.8. The van der Waals surface area contributed by atoms with Gasteiger partial charge >= 0.3 is 0 Å². The van der Waals surface area contributed by atoms with E-state index in [1.807, 2.05) is 17.4 Å². The smallest absolute Gasteiger partial charge is 0.0136 e. The van der Waals surface area contributed by atoms with Crippen LogP contribution in [-0.2, 0) is 6.42 Å². The Morgan fingerprint density at radius 3 is 3.14 bits per heavy atom. The van der Waals surface area contributed by atoms with Gasteiger partial charge in [0.05, 0.1) is 0 Å². The van der Waals surface area contributed by atoms with Gasteiger partial charge in [-0.25, -0.2) is 0 Å². The molecule has 0 aromatic carbocycles. The quantitative estimate of drug-likeness (QED) is 0.433.